The van der Waals surface area contributed by atoms with Gasteiger partial charge in [-0.15, -0.1) is 11.6 Å². The molecule has 0 aliphatic heterocycles. The SMILES string of the molecule is CN(C)[P@@](=S)(CCl)Nc1ccccc1. The van der Waals surface area contributed by atoms with Gasteiger partial charge in [-0.3, -0.25) is 4.67 Å². The second-order valence-electron chi connectivity index (χ2n) is 3.15. The molecule has 1 rings (SSSR count). The van der Waals surface area contributed by atoms with Crippen LogP contribution in [0.5, 0.6) is 0 Å². The van der Waals surface area contributed by atoms with Crippen LogP contribution in [0.25, 0.3) is 0 Å². The lowest BCUT2D eigenvalue weighted by atomic mass is 10.3. The molecule has 0 bridgehead atoms. The summed E-state index contributed by atoms with van der Waals surface area (Å²) in [6.45, 7) is 0. The first-order chi connectivity index (χ1) is 6.58. The zero-order valence-electron chi connectivity index (χ0n) is 8.27. The zero-order valence-corrected chi connectivity index (χ0v) is 10.7. The van der Waals surface area contributed by atoms with Gasteiger partial charge in [0.1, 0.15) is 6.34 Å². The standard InChI is InChI=1S/C9H14ClN2PS/c1-12(2)13(14,8-10)11-9-6-4-3-5-7-9/h3-7H,8H2,1-2H3,(H,11,14)/t13-/m1/s1. The zero-order chi connectivity index (χ0) is 10.6. The van der Waals surface area contributed by atoms with Gasteiger partial charge >= 0.3 is 0 Å². The highest BCUT2D eigenvalue weighted by atomic mass is 35.5. The Morgan fingerprint density at radius 2 is 1.93 bits per heavy atom. The number of benzene rings is 1. The minimum atomic E-state index is -1.81. The van der Waals surface area contributed by atoms with Crippen molar-refractivity contribution in [3.63, 3.8) is 0 Å². The maximum atomic E-state index is 5.89. The summed E-state index contributed by atoms with van der Waals surface area (Å²) < 4.78 is 2.00. The van der Waals surface area contributed by atoms with E-state index in [2.05, 4.69) is 5.09 Å². The van der Waals surface area contributed by atoms with Crippen LogP contribution in [0, 0.1) is 0 Å². The van der Waals surface area contributed by atoms with Gasteiger partial charge in [0.25, 0.3) is 0 Å². The lowest BCUT2D eigenvalue weighted by Gasteiger charge is -2.28. The van der Waals surface area contributed by atoms with Crippen LogP contribution in [0.3, 0.4) is 0 Å². The summed E-state index contributed by atoms with van der Waals surface area (Å²) in [6, 6.07) is 9.93. The first-order valence-electron chi connectivity index (χ1n) is 4.24. The van der Waals surface area contributed by atoms with Crippen molar-refractivity contribution < 1.29 is 0 Å². The normalized spacial score (nSPS) is 15.1. The van der Waals surface area contributed by atoms with Gasteiger partial charge in [-0.1, -0.05) is 30.0 Å². The Morgan fingerprint density at radius 1 is 1.36 bits per heavy atom. The molecule has 1 N–H and O–H groups in total. The summed E-state index contributed by atoms with van der Waals surface area (Å²) in [5.74, 6) is 0. The average molecular weight is 249 g/mol. The number of nitrogens with one attached hydrogen (secondary N) is 1. The molecule has 0 saturated carbocycles. The van der Waals surface area contributed by atoms with Crippen molar-refractivity contribution >= 4 is 35.4 Å². The fraction of sp³-hybridized carbons (Fsp3) is 0.333. The molecule has 0 saturated heterocycles. The average Bonchev–Trinajstić information content (AvgIpc) is 2.19. The fourth-order valence-corrected chi connectivity index (χ4v) is 3.11. The van der Waals surface area contributed by atoms with E-state index in [0.717, 1.165) is 5.69 Å². The molecule has 1 aromatic rings. The Balaban J connectivity index is 2.81. The molecule has 0 aliphatic rings. The number of rotatable bonds is 4. The number of hydrogen-bond acceptors (Lipinski definition) is 1. The Hall–Kier alpha value is -0.0800. The number of hydrogen-bond donors (Lipinski definition) is 1. The summed E-state index contributed by atoms with van der Waals surface area (Å²) in [4.78, 5) is 0. The van der Waals surface area contributed by atoms with Crippen LogP contribution >= 0.6 is 17.9 Å². The minimum Gasteiger partial charge on any atom is -0.345 e. The summed E-state index contributed by atoms with van der Waals surface area (Å²) in [6.07, 6.45) is -1.81. The van der Waals surface area contributed by atoms with Crippen LogP contribution in [0.15, 0.2) is 30.3 Å². The van der Waals surface area contributed by atoms with Crippen molar-refractivity contribution in [2.45, 2.75) is 0 Å². The van der Waals surface area contributed by atoms with Gasteiger partial charge in [0, 0.05) is 5.69 Å². The molecule has 2 nitrogen and oxygen atoms in total. The van der Waals surface area contributed by atoms with Crippen LogP contribution in [-0.2, 0) is 11.8 Å². The highest BCUT2D eigenvalue weighted by Gasteiger charge is 2.17. The third kappa shape index (κ3) is 2.96. The fourth-order valence-electron chi connectivity index (χ4n) is 0.951. The largest absolute Gasteiger partial charge is 0.345 e. The topological polar surface area (TPSA) is 15.3 Å². The van der Waals surface area contributed by atoms with Gasteiger partial charge in [-0.25, -0.2) is 0 Å². The van der Waals surface area contributed by atoms with Crippen LogP contribution in [0.4, 0.5) is 5.69 Å². The molecule has 0 amide bonds. The minimum absolute atomic E-state index is 0.463. The third-order valence-electron chi connectivity index (χ3n) is 1.89. The van der Waals surface area contributed by atoms with Crippen LogP contribution in [0.1, 0.15) is 0 Å². The number of halogens is 1. The van der Waals surface area contributed by atoms with Gasteiger partial charge < -0.3 is 5.09 Å². The summed E-state index contributed by atoms with van der Waals surface area (Å²) >= 11 is 11.4. The van der Waals surface area contributed by atoms with Crippen molar-refractivity contribution in [1.29, 1.82) is 0 Å². The molecule has 0 aromatic heterocycles. The first-order valence-corrected chi connectivity index (χ1v) is 7.72. The molecule has 0 fully saturated rings. The number of anilines is 1. The number of nitrogens with zero attached hydrogens (tertiary/aromatic N) is 1. The van der Waals surface area contributed by atoms with Crippen molar-refractivity contribution in [1.82, 2.24) is 4.67 Å². The molecule has 1 aromatic carbocycles. The molecule has 78 valence electrons. The van der Waals surface area contributed by atoms with Gasteiger partial charge in [0.2, 0.25) is 0 Å². The molecule has 0 radical (unpaired) electrons. The van der Waals surface area contributed by atoms with E-state index in [4.69, 9.17) is 23.4 Å². The lowest BCUT2D eigenvalue weighted by Crippen LogP contribution is -2.15. The smallest absolute Gasteiger partial charge is 0.112 e. The van der Waals surface area contributed by atoms with E-state index < -0.39 is 6.34 Å². The molecule has 0 aliphatic carbocycles. The van der Waals surface area contributed by atoms with E-state index in [1.807, 2.05) is 49.1 Å². The van der Waals surface area contributed by atoms with Gasteiger partial charge in [0.05, 0.1) is 5.62 Å². The quantitative estimate of drug-likeness (QED) is 0.651. The molecular formula is C9H14ClN2PS. The van der Waals surface area contributed by atoms with Gasteiger partial charge in [0.15, 0.2) is 0 Å². The predicted octanol–water partition coefficient (Wildman–Crippen LogP) is 3.17. The monoisotopic (exact) mass is 248 g/mol. The Kier molecular flexibility index (Phi) is 4.39. The van der Waals surface area contributed by atoms with Crippen molar-refractivity contribution in [2.75, 3.05) is 24.8 Å². The van der Waals surface area contributed by atoms with E-state index >= 15 is 0 Å². The van der Waals surface area contributed by atoms with E-state index in [0.29, 0.717) is 5.62 Å². The highest BCUT2D eigenvalue weighted by molar-refractivity contribution is 8.14. The second kappa shape index (κ2) is 5.13. The van der Waals surface area contributed by atoms with E-state index in [1.165, 1.54) is 0 Å². The molecule has 0 spiro atoms. The predicted molar refractivity (Wildman–Crippen MR) is 68.8 cm³/mol. The summed E-state index contributed by atoms with van der Waals surface area (Å²) in [7, 11) is 3.91. The first kappa shape index (κ1) is 12.0. The Bertz CT molecular complexity index is 329. The number of para-hydroxylation sites is 1. The third-order valence-corrected chi connectivity index (χ3v) is 7.21. The molecule has 0 unspecified atom stereocenters. The Labute approximate surface area is 95.4 Å². The molecular weight excluding hydrogens is 235 g/mol. The maximum Gasteiger partial charge on any atom is 0.112 e. The summed E-state index contributed by atoms with van der Waals surface area (Å²) in [5, 5.41) is 3.32. The molecule has 0 heterocycles. The van der Waals surface area contributed by atoms with Crippen molar-refractivity contribution in [2.24, 2.45) is 0 Å². The second-order valence-corrected chi connectivity index (χ2v) is 8.34. The van der Waals surface area contributed by atoms with Crippen molar-refractivity contribution in [3.05, 3.63) is 30.3 Å². The van der Waals surface area contributed by atoms with E-state index in [9.17, 15) is 0 Å². The highest BCUT2D eigenvalue weighted by Crippen LogP contribution is 2.48. The van der Waals surface area contributed by atoms with E-state index in [1.54, 1.807) is 0 Å². The molecule has 5 heteroatoms. The van der Waals surface area contributed by atoms with Crippen molar-refractivity contribution in [3.8, 4) is 0 Å². The van der Waals surface area contributed by atoms with Crippen LogP contribution in [0.2, 0.25) is 0 Å². The van der Waals surface area contributed by atoms with E-state index in [-0.39, 0.29) is 0 Å². The van der Waals surface area contributed by atoms with Crippen LogP contribution < -0.4 is 5.09 Å². The molecule has 1 atom stereocenters. The summed E-state index contributed by atoms with van der Waals surface area (Å²) in [5.41, 5.74) is 1.50. The maximum absolute atomic E-state index is 5.89. The van der Waals surface area contributed by atoms with Gasteiger partial charge in [-0.2, -0.15) is 0 Å². The number of alkyl halides is 1. The molecule has 14 heavy (non-hydrogen) atoms. The lowest BCUT2D eigenvalue weighted by molar-refractivity contribution is 0.680. The van der Waals surface area contributed by atoms with Crippen LogP contribution in [-0.4, -0.2) is 24.4 Å². The van der Waals surface area contributed by atoms with Gasteiger partial charge in [-0.05, 0) is 26.2 Å². The Morgan fingerprint density at radius 3 is 2.36 bits per heavy atom.